The third-order valence-electron chi connectivity index (χ3n) is 3.62. The highest BCUT2D eigenvalue weighted by molar-refractivity contribution is 5.75. The SMILES string of the molecule is CC(OCCCNC(=O)CCOc1ccccc1)c1ccccc1. The number of hydrogen-bond donors (Lipinski definition) is 1. The Bertz CT molecular complexity index is 586. The first-order valence-electron chi connectivity index (χ1n) is 8.37. The van der Waals surface area contributed by atoms with Gasteiger partial charge in [0, 0.05) is 13.2 Å². The summed E-state index contributed by atoms with van der Waals surface area (Å²) in [5, 5.41) is 2.88. The van der Waals surface area contributed by atoms with Gasteiger partial charge in [-0.05, 0) is 31.0 Å². The summed E-state index contributed by atoms with van der Waals surface area (Å²) < 4.78 is 11.3. The first-order chi connectivity index (χ1) is 11.8. The lowest BCUT2D eigenvalue weighted by Gasteiger charge is -2.13. The number of para-hydroxylation sites is 1. The topological polar surface area (TPSA) is 47.6 Å². The third-order valence-corrected chi connectivity index (χ3v) is 3.62. The van der Waals surface area contributed by atoms with Gasteiger partial charge in [0.05, 0.1) is 19.1 Å². The van der Waals surface area contributed by atoms with E-state index in [1.54, 1.807) is 0 Å². The maximum absolute atomic E-state index is 11.7. The Morgan fingerprint density at radius 2 is 1.67 bits per heavy atom. The Morgan fingerprint density at radius 3 is 2.38 bits per heavy atom. The van der Waals surface area contributed by atoms with Gasteiger partial charge in [0.15, 0.2) is 0 Å². The maximum Gasteiger partial charge on any atom is 0.223 e. The second-order valence-electron chi connectivity index (χ2n) is 5.54. The lowest BCUT2D eigenvalue weighted by molar-refractivity contribution is -0.121. The molecule has 2 aromatic carbocycles. The van der Waals surface area contributed by atoms with Crippen molar-refractivity contribution in [2.45, 2.75) is 25.9 Å². The third kappa shape index (κ3) is 6.84. The molecule has 4 heteroatoms. The molecule has 1 amide bonds. The zero-order chi connectivity index (χ0) is 17.0. The maximum atomic E-state index is 11.7. The quantitative estimate of drug-likeness (QED) is 0.676. The van der Waals surface area contributed by atoms with Crippen LogP contribution >= 0.6 is 0 Å². The number of amides is 1. The van der Waals surface area contributed by atoms with Crippen molar-refractivity contribution < 1.29 is 14.3 Å². The Morgan fingerprint density at radius 1 is 1.00 bits per heavy atom. The van der Waals surface area contributed by atoms with Crippen LogP contribution in [0.4, 0.5) is 0 Å². The summed E-state index contributed by atoms with van der Waals surface area (Å²) in [6.45, 7) is 3.66. The molecule has 0 aliphatic carbocycles. The van der Waals surface area contributed by atoms with Gasteiger partial charge in [-0.1, -0.05) is 48.5 Å². The van der Waals surface area contributed by atoms with E-state index in [9.17, 15) is 4.79 Å². The second kappa shape index (κ2) is 10.4. The van der Waals surface area contributed by atoms with Crippen LogP contribution in [0.3, 0.4) is 0 Å². The van der Waals surface area contributed by atoms with Gasteiger partial charge < -0.3 is 14.8 Å². The van der Waals surface area contributed by atoms with Crippen molar-refractivity contribution in [2.75, 3.05) is 19.8 Å². The predicted molar refractivity (Wildman–Crippen MR) is 95.0 cm³/mol. The van der Waals surface area contributed by atoms with E-state index in [4.69, 9.17) is 9.47 Å². The van der Waals surface area contributed by atoms with E-state index >= 15 is 0 Å². The molecule has 0 saturated heterocycles. The van der Waals surface area contributed by atoms with Gasteiger partial charge in [0.2, 0.25) is 5.91 Å². The van der Waals surface area contributed by atoms with Crippen molar-refractivity contribution in [3.8, 4) is 5.75 Å². The molecule has 0 bridgehead atoms. The van der Waals surface area contributed by atoms with Crippen molar-refractivity contribution >= 4 is 5.91 Å². The lowest BCUT2D eigenvalue weighted by Crippen LogP contribution is -2.26. The zero-order valence-corrected chi connectivity index (χ0v) is 14.1. The van der Waals surface area contributed by atoms with E-state index in [0.29, 0.717) is 26.2 Å². The molecule has 1 N–H and O–H groups in total. The summed E-state index contributed by atoms with van der Waals surface area (Å²) in [5.74, 6) is 0.788. The van der Waals surface area contributed by atoms with Gasteiger partial charge >= 0.3 is 0 Å². The van der Waals surface area contributed by atoms with Crippen LogP contribution in [0.25, 0.3) is 0 Å². The Balaban J connectivity index is 1.50. The van der Waals surface area contributed by atoms with Crippen LogP contribution in [0.2, 0.25) is 0 Å². The second-order valence-corrected chi connectivity index (χ2v) is 5.54. The van der Waals surface area contributed by atoms with E-state index in [0.717, 1.165) is 12.2 Å². The molecule has 0 fully saturated rings. The molecule has 2 rings (SSSR count). The molecule has 0 aliphatic heterocycles. The largest absolute Gasteiger partial charge is 0.493 e. The predicted octanol–water partition coefficient (Wildman–Crippen LogP) is 3.74. The van der Waals surface area contributed by atoms with Crippen LogP contribution in [0.15, 0.2) is 60.7 Å². The van der Waals surface area contributed by atoms with Gasteiger partial charge in [-0.15, -0.1) is 0 Å². The first-order valence-corrected chi connectivity index (χ1v) is 8.37. The molecule has 0 radical (unpaired) electrons. The zero-order valence-electron chi connectivity index (χ0n) is 14.1. The minimum absolute atomic E-state index is 0.00189. The van der Waals surface area contributed by atoms with Crippen LogP contribution < -0.4 is 10.1 Å². The smallest absolute Gasteiger partial charge is 0.223 e. The average molecular weight is 327 g/mol. The van der Waals surface area contributed by atoms with E-state index in [1.807, 2.05) is 55.5 Å². The van der Waals surface area contributed by atoms with Gasteiger partial charge in [-0.3, -0.25) is 4.79 Å². The summed E-state index contributed by atoms with van der Waals surface area (Å²) in [4.78, 5) is 11.7. The highest BCUT2D eigenvalue weighted by Crippen LogP contribution is 2.15. The fraction of sp³-hybridized carbons (Fsp3) is 0.350. The Hall–Kier alpha value is -2.33. The van der Waals surface area contributed by atoms with Crippen molar-refractivity contribution in [1.29, 1.82) is 0 Å². The molecule has 0 heterocycles. The average Bonchev–Trinajstić information content (AvgIpc) is 2.63. The number of benzene rings is 2. The summed E-state index contributed by atoms with van der Waals surface area (Å²) >= 11 is 0. The molecule has 1 atom stereocenters. The Kier molecular flexibility index (Phi) is 7.84. The van der Waals surface area contributed by atoms with Crippen LogP contribution in [0.1, 0.15) is 31.4 Å². The monoisotopic (exact) mass is 327 g/mol. The minimum atomic E-state index is 0.00189. The summed E-state index contributed by atoms with van der Waals surface area (Å²) in [6, 6.07) is 19.6. The molecule has 0 spiro atoms. The summed E-state index contributed by atoms with van der Waals surface area (Å²) in [5.41, 5.74) is 1.17. The highest BCUT2D eigenvalue weighted by atomic mass is 16.5. The van der Waals surface area contributed by atoms with Crippen molar-refractivity contribution in [3.63, 3.8) is 0 Å². The lowest BCUT2D eigenvalue weighted by atomic mass is 10.1. The molecule has 24 heavy (non-hydrogen) atoms. The number of rotatable bonds is 10. The molecule has 0 aliphatic rings. The van der Waals surface area contributed by atoms with Crippen LogP contribution in [-0.2, 0) is 9.53 Å². The summed E-state index contributed by atoms with van der Waals surface area (Å²) in [7, 11) is 0. The van der Waals surface area contributed by atoms with E-state index in [-0.39, 0.29) is 12.0 Å². The first kappa shape index (κ1) is 18.0. The number of nitrogens with one attached hydrogen (secondary N) is 1. The highest BCUT2D eigenvalue weighted by Gasteiger charge is 2.05. The standard InChI is InChI=1S/C20H25NO3/c1-17(18-9-4-2-5-10-18)23-15-8-14-21-20(22)13-16-24-19-11-6-3-7-12-19/h2-7,9-12,17H,8,13-16H2,1H3,(H,21,22). The van der Waals surface area contributed by atoms with Gasteiger partial charge in [0.1, 0.15) is 5.75 Å². The number of hydrogen-bond acceptors (Lipinski definition) is 3. The molecule has 2 aromatic rings. The fourth-order valence-corrected chi connectivity index (χ4v) is 2.25. The van der Waals surface area contributed by atoms with Crippen LogP contribution in [0, 0.1) is 0 Å². The van der Waals surface area contributed by atoms with Crippen molar-refractivity contribution in [3.05, 3.63) is 66.2 Å². The molecule has 128 valence electrons. The Labute approximate surface area is 143 Å². The molecule has 4 nitrogen and oxygen atoms in total. The van der Waals surface area contributed by atoms with Crippen molar-refractivity contribution in [1.82, 2.24) is 5.32 Å². The molecule has 0 aromatic heterocycles. The number of carbonyl (C=O) groups excluding carboxylic acids is 1. The minimum Gasteiger partial charge on any atom is -0.493 e. The molecular formula is C20H25NO3. The van der Waals surface area contributed by atoms with Crippen molar-refractivity contribution in [2.24, 2.45) is 0 Å². The van der Waals surface area contributed by atoms with Gasteiger partial charge in [-0.2, -0.15) is 0 Å². The van der Waals surface area contributed by atoms with E-state index < -0.39 is 0 Å². The summed E-state index contributed by atoms with van der Waals surface area (Å²) in [6.07, 6.45) is 1.22. The van der Waals surface area contributed by atoms with E-state index in [2.05, 4.69) is 17.4 Å². The van der Waals surface area contributed by atoms with E-state index in [1.165, 1.54) is 5.56 Å². The molecular weight excluding hydrogens is 302 g/mol. The van der Waals surface area contributed by atoms with Gasteiger partial charge in [0.25, 0.3) is 0 Å². The van der Waals surface area contributed by atoms with Crippen LogP contribution in [-0.4, -0.2) is 25.7 Å². The molecule has 0 saturated carbocycles. The number of carbonyl (C=O) groups is 1. The number of ether oxygens (including phenoxy) is 2. The normalized spacial score (nSPS) is 11.7. The van der Waals surface area contributed by atoms with Gasteiger partial charge in [-0.25, -0.2) is 0 Å². The fourth-order valence-electron chi connectivity index (χ4n) is 2.25. The molecule has 1 unspecified atom stereocenters. The van der Waals surface area contributed by atoms with Crippen LogP contribution in [0.5, 0.6) is 5.75 Å².